The van der Waals surface area contributed by atoms with Crippen LogP contribution in [-0.2, 0) is 17.8 Å². The largest absolute Gasteiger partial charge is 0.356 e. The smallest absolute Gasteiger partial charge is 0.221 e. The second kappa shape index (κ2) is 10.0. The number of hydrogen-bond acceptors (Lipinski definition) is 4. The molecule has 0 saturated heterocycles. The fraction of sp³-hybridized carbons (Fsp3) is 0.375. The van der Waals surface area contributed by atoms with E-state index in [1.54, 1.807) is 0 Å². The third kappa shape index (κ3) is 5.76. The maximum atomic E-state index is 12.4. The van der Waals surface area contributed by atoms with Crippen LogP contribution in [0.5, 0.6) is 0 Å². The summed E-state index contributed by atoms with van der Waals surface area (Å²) in [6, 6.07) is 18.4. The van der Waals surface area contributed by atoms with E-state index in [0.717, 1.165) is 29.0 Å². The van der Waals surface area contributed by atoms with Crippen LogP contribution in [0, 0.1) is 5.92 Å². The van der Waals surface area contributed by atoms with Gasteiger partial charge in [-0.15, -0.1) is 0 Å². The van der Waals surface area contributed by atoms with Crippen molar-refractivity contribution < 1.29 is 4.79 Å². The van der Waals surface area contributed by atoms with E-state index in [4.69, 9.17) is 4.98 Å². The van der Waals surface area contributed by atoms with Crippen LogP contribution in [0.25, 0.3) is 10.9 Å². The molecule has 3 aromatic rings. The molecule has 0 radical (unpaired) electrons. The van der Waals surface area contributed by atoms with Crippen molar-refractivity contribution in [1.29, 1.82) is 0 Å². The minimum Gasteiger partial charge on any atom is -0.356 e. The zero-order valence-electron chi connectivity index (χ0n) is 17.6. The molecular formula is C24H30N4O. The third-order valence-corrected chi connectivity index (χ3v) is 4.78. The molecule has 1 heterocycles. The average Bonchev–Trinajstić information content (AvgIpc) is 2.75. The molecule has 3 rings (SSSR count). The van der Waals surface area contributed by atoms with E-state index in [-0.39, 0.29) is 5.91 Å². The van der Waals surface area contributed by atoms with Gasteiger partial charge in [0.05, 0.1) is 5.52 Å². The first-order valence-corrected chi connectivity index (χ1v) is 10.4. The molecule has 29 heavy (non-hydrogen) atoms. The molecule has 0 atom stereocenters. The molecule has 5 heteroatoms. The molecule has 0 aliphatic rings. The van der Waals surface area contributed by atoms with E-state index >= 15 is 0 Å². The van der Waals surface area contributed by atoms with Gasteiger partial charge in [-0.3, -0.25) is 4.79 Å². The number of para-hydroxylation sites is 1. The molecule has 5 nitrogen and oxygen atoms in total. The van der Waals surface area contributed by atoms with Crippen molar-refractivity contribution in [3.63, 3.8) is 0 Å². The van der Waals surface area contributed by atoms with E-state index in [9.17, 15) is 4.79 Å². The average molecular weight is 391 g/mol. The Morgan fingerprint density at radius 3 is 2.48 bits per heavy atom. The number of aromatic nitrogens is 2. The molecule has 0 spiro atoms. The van der Waals surface area contributed by atoms with Crippen molar-refractivity contribution in [1.82, 2.24) is 15.3 Å². The quantitative estimate of drug-likeness (QED) is 0.590. The highest BCUT2D eigenvalue weighted by atomic mass is 16.1. The summed E-state index contributed by atoms with van der Waals surface area (Å²) in [6.45, 7) is 8.26. The summed E-state index contributed by atoms with van der Waals surface area (Å²) >= 11 is 0. The molecule has 0 fully saturated rings. The van der Waals surface area contributed by atoms with Crippen LogP contribution < -0.4 is 10.2 Å². The van der Waals surface area contributed by atoms with Gasteiger partial charge in [0, 0.05) is 37.9 Å². The highest BCUT2D eigenvalue weighted by molar-refractivity contribution is 5.89. The molecule has 1 amide bonds. The summed E-state index contributed by atoms with van der Waals surface area (Å²) in [4.78, 5) is 24.1. The van der Waals surface area contributed by atoms with E-state index in [1.807, 2.05) is 36.4 Å². The Hall–Kier alpha value is -2.95. The van der Waals surface area contributed by atoms with Gasteiger partial charge in [0.2, 0.25) is 5.91 Å². The zero-order valence-corrected chi connectivity index (χ0v) is 17.6. The van der Waals surface area contributed by atoms with Crippen LogP contribution in [-0.4, -0.2) is 29.0 Å². The van der Waals surface area contributed by atoms with Crippen LogP contribution in [0.15, 0.2) is 54.6 Å². The molecule has 0 aliphatic carbocycles. The highest BCUT2D eigenvalue weighted by Crippen LogP contribution is 2.25. The molecule has 0 saturated carbocycles. The molecular weight excluding hydrogens is 360 g/mol. The van der Waals surface area contributed by atoms with Gasteiger partial charge in [-0.25, -0.2) is 9.97 Å². The van der Waals surface area contributed by atoms with Crippen molar-refractivity contribution in [3.05, 3.63) is 66.0 Å². The second-order valence-corrected chi connectivity index (χ2v) is 7.69. The van der Waals surface area contributed by atoms with Gasteiger partial charge in [0.25, 0.3) is 0 Å². The van der Waals surface area contributed by atoms with Crippen molar-refractivity contribution in [2.75, 3.05) is 18.0 Å². The van der Waals surface area contributed by atoms with Gasteiger partial charge in [-0.1, -0.05) is 63.2 Å². The number of rotatable bonds is 9. The Balaban J connectivity index is 1.90. The molecule has 0 unspecified atom stereocenters. The van der Waals surface area contributed by atoms with E-state index < -0.39 is 0 Å². The Labute approximate surface area is 173 Å². The summed E-state index contributed by atoms with van der Waals surface area (Å²) in [5.74, 6) is 2.23. The molecule has 1 N–H and O–H groups in total. The summed E-state index contributed by atoms with van der Waals surface area (Å²) in [7, 11) is 0. The van der Waals surface area contributed by atoms with Crippen molar-refractivity contribution in [2.45, 2.75) is 40.2 Å². The monoisotopic (exact) mass is 390 g/mol. The predicted octanol–water partition coefficient (Wildman–Crippen LogP) is 4.36. The van der Waals surface area contributed by atoms with Crippen molar-refractivity contribution in [3.8, 4) is 0 Å². The normalized spacial score (nSPS) is 11.0. The Kier molecular flexibility index (Phi) is 7.17. The number of carbonyl (C=O) groups is 1. The number of hydrogen-bond donors (Lipinski definition) is 1. The zero-order chi connectivity index (χ0) is 20.6. The first-order valence-electron chi connectivity index (χ1n) is 10.4. The molecule has 0 aliphatic heterocycles. The molecule has 0 bridgehead atoms. The Bertz CT molecular complexity index is 940. The van der Waals surface area contributed by atoms with Gasteiger partial charge < -0.3 is 10.2 Å². The van der Waals surface area contributed by atoms with E-state index in [1.165, 1.54) is 5.56 Å². The summed E-state index contributed by atoms with van der Waals surface area (Å²) < 4.78 is 0. The fourth-order valence-corrected chi connectivity index (χ4v) is 3.21. The minimum atomic E-state index is 0.0749. The third-order valence-electron chi connectivity index (χ3n) is 4.78. The Morgan fingerprint density at radius 1 is 1.03 bits per heavy atom. The topological polar surface area (TPSA) is 58.1 Å². The lowest BCUT2D eigenvalue weighted by Crippen LogP contribution is -2.33. The summed E-state index contributed by atoms with van der Waals surface area (Å²) in [5.41, 5.74) is 2.13. The lowest BCUT2D eigenvalue weighted by molar-refractivity contribution is -0.121. The van der Waals surface area contributed by atoms with Gasteiger partial charge in [0.1, 0.15) is 11.6 Å². The molecule has 1 aromatic heterocycles. The SMILES string of the molecule is CCc1nc(N(CCC(=O)NCC(C)C)Cc2ccccc2)c2ccccc2n1. The number of anilines is 1. The van der Waals surface area contributed by atoms with E-state index in [2.05, 4.69) is 54.2 Å². The van der Waals surface area contributed by atoms with Crippen molar-refractivity contribution in [2.24, 2.45) is 5.92 Å². The summed E-state index contributed by atoms with van der Waals surface area (Å²) in [5, 5.41) is 4.03. The number of benzene rings is 2. The number of aryl methyl sites for hydroxylation is 1. The fourth-order valence-electron chi connectivity index (χ4n) is 3.21. The van der Waals surface area contributed by atoms with Gasteiger partial charge >= 0.3 is 0 Å². The standard InChI is InChI=1S/C24H30N4O/c1-4-22-26-21-13-9-8-12-20(21)24(27-22)28(17-19-10-6-5-7-11-19)15-14-23(29)25-16-18(2)3/h5-13,18H,4,14-17H2,1-3H3,(H,25,29). The first kappa shape index (κ1) is 20.8. The van der Waals surface area contributed by atoms with Crippen LogP contribution >= 0.6 is 0 Å². The summed E-state index contributed by atoms with van der Waals surface area (Å²) in [6.07, 6.45) is 1.20. The highest BCUT2D eigenvalue weighted by Gasteiger charge is 2.16. The van der Waals surface area contributed by atoms with Gasteiger partial charge in [-0.2, -0.15) is 0 Å². The number of carbonyl (C=O) groups excluding carboxylic acids is 1. The van der Waals surface area contributed by atoms with Gasteiger partial charge in [0.15, 0.2) is 0 Å². The first-order chi connectivity index (χ1) is 14.1. The Morgan fingerprint density at radius 2 is 1.76 bits per heavy atom. The minimum absolute atomic E-state index is 0.0749. The molecule has 152 valence electrons. The number of nitrogens with zero attached hydrogens (tertiary/aromatic N) is 3. The van der Waals surface area contributed by atoms with E-state index in [0.29, 0.717) is 32.0 Å². The predicted molar refractivity (Wildman–Crippen MR) is 119 cm³/mol. The molecule has 2 aromatic carbocycles. The number of nitrogens with one attached hydrogen (secondary N) is 1. The van der Waals surface area contributed by atoms with Crippen LogP contribution in [0.1, 0.15) is 38.6 Å². The number of amides is 1. The van der Waals surface area contributed by atoms with Crippen molar-refractivity contribution >= 4 is 22.6 Å². The van der Waals surface area contributed by atoms with Gasteiger partial charge in [-0.05, 0) is 23.6 Å². The number of fused-ring (bicyclic) bond motifs is 1. The van der Waals surface area contributed by atoms with Crippen LogP contribution in [0.2, 0.25) is 0 Å². The maximum Gasteiger partial charge on any atom is 0.221 e. The lowest BCUT2D eigenvalue weighted by atomic mass is 10.1. The maximum absolute atomic E-state index is 12.4. The second-order valence-electron chi connectivity index (χ2n) is 7.69. The lowest BCUT2D eigenvalue weighted by Gasteiger charge is -2.25. The van der Waals surface area contributed by atoms with Crippen LogP contribution in [0.3, 0.4) is 0 Å². The van der Waals surface area contributed by atoms with Crippen LogP contribution in [0.4, 0.5) is 5.82 Å².